The maximum absolute atomic E-state index is 12.2. The molecule has 0 saturated heterocycles. The molecular weight excluding hydrogens is 398 g/mol. The van der Waals surface area contributed by atoms with Crippen molar-refractivity contribution in [1.82, 2.24) is 25.5 Å². The maximum Gasteiger partial charge on any atom is 0.230 e. The average Bonchev–Trinajstić information content (AvgIpc) is 3.48. The van der Waals surface area contributed by atoms with Gasteiger partial charge in [0, 0.05) is 6.54 Å². The summed E-state index contributed by atoms with van der Waals surface area (Å²) in [4.78, 5) is 12.2. The zero-order valence-corrected chi connectivity index (χ0v) is 17.6. The van der Waals surface area contributed by atoms with Gasteiger partial charge >= 0.3 is 0 Å². The summed E-state index contributed by atoms with van der Waals surface area (Å²) in [6.07, 6.45) is 4.65. The van der Waals surface area contributed by atoms with Crippen molar-refractivity contribution in [2.24, 2.45) is 0 Å². The van der Waals surface area contributed by atoms with Gasteiger partial charge in [0.2, 0.25) is 11.1 Å². The highest BCUT2D eigenvalue weighted by molar-refractivity contribution is 7.99. The molecule has 156 valence electrons. The van der Waals surface area contributed by atoms with Gasteiger partial charge in [-0.2, -0.15) is 0 Å². The molecule has 30 heavy (non-hydrogen) atoms. The fourth-order valence-electron chi connectivity index (χ4n) is 3.48. The Kier molecular flexibility index (Phi) is 6.97. The lowest BCUT2D eigenvalue weighted by Gasteiger charge is -2.11. The van der Waals surface area contributed by atoms with Gasteiger partial charge in [-0.1, -0.05) is 67.1 Å². The lowest BCUT2D eigenvalue weighted by Crippen LogP contribution is -2.24. The maximum atomic E-state index is 12.2. The van der Waals surface area contributed by atoms with Crippen LogP contribution in [0.15, 0.2) is 59.8 Å². The summed E-state index contributed by atoms with van der Waals surface area (Å²) in [5.74, 6) is 1.12. The summed E-state index contributed by atoms with van der Waals surface area (Å²) in [6, 6.07) is 18.2. The topological polar surface area (TPSA) is 81.9 Å². The molecule has 0 aliphatic heterocycles. The van der Waals surface area contributed by atoms with Gasteiger partial charge < -0.3 is 10.1 Å². The predicted molar refractivity (Wildman–Crippen MR) is 115 cm³/mol. The number of amides is 1. The van der Waals surface area contributed by atoms with Crippen LogP contribution in [-0.2, 0) is 17.9 Å². The van der Waals surface area contributed by atoms with Crippen LogP contribution < -0.4 is 10.1 Å². The molecular formula is C22H25N5O2S. The summed E-state index contributed by atoms with van der Waals surface area (Å²) < 4.78 is 7.63. The molecule has 2 aromatic carbocycles. The monoisotopic (exact) mass is 423 g/mol. The molecule has 1 aromatic heterocycles. The molecule has 1 fully saturated rings. The summed E-state index contributed by atoms with van der Waals surface area (Å²) in [5, 5.41) is 15.6. The first-order valence-electron chi connectivity index (χ1n) is 10.2. The van der Waals surface area contributed by atoms with Gasteiger partial charge in [0.1, 0.15) is 12.4 Å². The van der Waals surface area contributed by atoms with Crippen LogP contribution in [0, 0.1) is 0 Å². The largest absolute Gasteiger partial charge is 0.489 e. The number of nitrogens with zero attached hydrogens (tertiary/aromatic N) is 4. The number of para-hydroxylation sites is 1. The van der Waals surface area contributed by atoms with Crippen LogP contribution in [0.1, 0.15) is 42.9 Å². The Morgan fingerprint density at radius 2 is 1.80 bits per heavy atom. The van der Waals surface area contributed by atoms with E-state index in [2.05, 4.69) is 20.8 Å². The third-order valence-corrected chi connectivity index (χ3v) is 6.06. The molecule has 1 amide bonds. The molecule has 3 aromatic rings. The number of aromatic nitrogens is 4. The number of ether oxygens (including phenoxy) is 1. The van der Waals surface area contributed by atoms with E-state index < -0.39 is 0 Å². The number of hydrogen-bond donors (Lipinski definition) is 1. The number of nitrogens with one attached hydrogen (secondary N) is 1. The van der Waals surface area contributed by atoms with Crippen LogP contribution in [0.25, 0.3) is 0 Å². The lowest BCUT2D eigenvalue weighted by molar-refractivity contribution is -0.118. The smallest absolute Gasteiger partial charge is 0.230 e. The van der Waals surface area contributed by atoms with E-state index >= 15 is 0 Å². The second-order valence-corrected chi connectivity index (χ2v) is 8.27. The van der Waals surface area contributed by atoms with Gasteiger partial charge in [0.15, 0.2) is 0 Å². The van der Waals surface area contributed by atoms with Gasteiger partial charge in [-0.25, -0.2) is 4.68 Å². The van der Waals surface area contributed by atoms with E-state index in [0.29, 0.717) is 24.9 Å². The molecule has 1 aliphatic rings. The van der Waals surface area contributed by atoms with Crippen LogP contribution in [0.4, 0.5) is 0 Å². The van der Waals surface area contributed by atoms with Crippen molar-refractivity contribution < 1.29 is 9.53 Å². The van der Waals surface area contributed by atoms with E-state index in [1.54, 1.807) is 0 Å². The quantitative estimate of drug-likeness (QED) is 0.528. The van der Waals surface area contributed by atoms with E-state index in [9.17, 15) is 4.79 Å². The van der Waals surface area contributed by atoms with Gasteiger partial charge in [0.05, 0.1) is 11.8 Å². The van der Waals surface area contributed by atoms with E-state index in [4.69, 9.17) is 4.74 Å². The summed E-state index contributed by atoms with van der Waals surface area (Å²) >= 11 is 1.39. The zero-order valence-electron chi connectivity index (χ0n) is 16.7. The molecule has 0 unspecified atom stereocenters. The van der Waals surface area contributed by atoms with Crippen LogP contribution >= 0.6 is 11.8 Å². The van der Waals surface area contributed by atoms with Crippen LogP contribution in [-0.4, -0.2) is 31.9 Å². The van der Waals surface area contributed by atoms with Crippen molar-refractivity contribution >= 4 is 17.7 Å². The Labute approximate surface area is 180 Å². The molecule has 8 heteroatoms. The molecule has 7 nitrogen and oxygen atoms in total. The first-order valence-corrected chi connectivity index (χ1v) is 11.2. The van der Waals surface area contributed by atoms with E-state index in [-0.39, 0.29) is 5.91 Å². The molecule has 0 radical (unpaired) electrons. The summed E-state index contributed by atoms with van der Waals surface area (Å²) in [7, 11) is 0. The summed E-state index contributed by atoms with van der Waals surface area (Å²) in [6.45, 7) is 1.01. The molecule has 4 rings (SSSR count). The minimum Gasteiger partial charge on any atom is -0.489 e. The number of thioether (sulfide) groups is 1. The highest BCUT2D eigenvalue weighted by Gasteiger charge is 2.22. The lowest BCUT2D eigenvalue weighted by atomic mass is 10.1. The Morgan fingerprint density at radius 3 is 2.57 bits per heavy atom. The second kappa shape index (κ2) is 10.2. The van der Waals surface area contributed by atoms with Crippen molar-refractivity contribution in [3.63, 3.8) is 0 Å². The van der Waals surface area contributed by atoms with Crippen molar-refractivity contribution in [2.75, 3.05) is 5.75 Å². The minimum atomic E-state index is -0.0301. The van der Waals surface area contributed by atoms with E-state index in [0.717, 1.165) is 34.9 Å². The third-order valence-electron chi connectivity index (χ3n) is 5.13. The van der Waals surface area contributed by atoms with Gasteiger partial charge in [0.25, 0.3) is 0 Å². The number of tetrazole rings is 1. The number of hydrogen-bond acceptors (Lipinski definition) is 6. The van der Waals surface area contributed by atoms with Crippen molar-refractivity contribution in [2.45, 2.75) is 50.0 Å². The molecule has 0 spiro atoms. The van der Waals surface area contributed by atoms with Gasteiger partial charge in [-0.15, -0.1) is 5.10 Å². The third kappa shape index (κ3) is 5.60. The Bertz CT molecular complexity index is 940. The van der Waals surface area contributed by atoms with Crippen molar-refractivity contribution in [1.29, 1.82) is 0 Å². The number of carbonyl (C=O) groups excluding carboxylic acids is 1. The molecule has 1 N–H and O–H groups in total. The number of benzene rings is 2. The first kappa shape index (κ1) is 20.4. The van der Waals surface area contributed by atoms with Gasteiger partial charge in [-0.3, -0.25) is 4.79 Å². The molecule has 1 heterocycles. The van der Waals surface area contributed by atoms with Gasteiger partial charge in [-0.05, 0) is 46.5 Å². The average molecular weight is 424 g/mol. The molecule has 0 atom stereocenters. The standard InChI is InChI=1S/C22H25N5O2S/c28-21(16-30-22-24-25-26-27(22)19-6-4-5-7-19)23-14-17-10-12-18(13-11-17)15-29-20-8-2-1-3-9-20/h1-3,8-13,19H,4-7,14-16H2,(H,23,28). The van der Waals surface area contributed by atoms with Crippen LogP contribution in [0.3, 0.4) is 0 Å². The molecule has 1 saturated carbocycles. The molecule has 0 bridgehead atoms. The predicted octanol–water partition coefficient (Wildman–Crippen LogP) is 3.78. The SMILES string of the molecule is O=C(CSc1nnnn1C1CCCC1)NCc1ccc(COc2ccccc2)cc1. The highest BCUT2D eigenvalue weighted by atomic mass is 32.2. The number of carbonyl (C=O) groups is 1. The highest BCUT2D eigenvalue weighted by Crippen LogP contribution is 2.31. The normalized spacial score (nSPS) is 14.0. The van der Waals surface area contributed by atoms with Crippen LogP contribution in [0.2, 0.25) is 0 Å². The first-order chi connectivity index (χ1) is 14.8. The van der Waals surface area contributed by atoms with Crippen molar-refractivity contribution in [3.8, 4) is 5.75 Å². The zero-order chi connectivity index (χ0) is 20.6. The number of rotatable bonds is 9. The fourth-order valence-corrected chi connectivity index (χ4v) is 4.25. The van der Waals surface area contributed by atoms with E-state index in [1.165, 1.54) is 24.6 Å². The second-order valence-electron chi connectivity index (χ2n) is 7.33. The Balaban J connectivity index is 1.20. The summed E-state index contributed by atoms with van der Waals surface area (Å²) in [5.41, 5.74) is 2.14. The molecule has 1 aliphatic carbocycles. The Hall–Kier alpha value is -2.87. The minimum absolute atomic E-state index is 0.0301. The van der Waals surface area contributed by atoms with Crippen LogP contribution in [0.5, 0.6) is 5.75 Å². The fraction of sp³-hybridized carbons (Fsp3) is 0.364. The Morgan fingerprint density at radius 1 is 1.07 bits per heavy atom. The van der Waals surface area contributed by atoms with Crippen molar-refractivity contribution in [3.05, 3.63) is 65.7 Å². The van der Waals surface area contributed by atoms with E-state index in [1.807, 2.05) is 59.3 Å².